The molecule has 5 rings (SSSR count). The lowest BCUT2D eigenvalue weighted by atomic mass is 9.63. The van der Waals surface area contributed by atoms with Crippen LogP contribution in [0.2, 0.25) is 0 Å². The van der Waals surface area contributed by atoms with E-state index in [1.54, 1.807) is 7.05 Å². The molecule has 1 aliphatic heterocycles. The largest absolute Gasteiger partial charge is 0.341 e. The van der Waals surface area contributed by atoms with Gasteiger partial charge in [0.1, 0.15) is 11.6 Å². The van der Waals surface area contributed by atoms with Crippen molar-refractivity contribution in [1.29, 1.82) is 0 Å². The number of hydrogen-bond acceptors (Lipinski definition) is 4. The molecule has 8 heteroatoms. The SMILES string of the molecule is CNC(=O)N1CCN[C@H]([C@@]23CC[C@@H](c4cc(-c5c(F)cccc5F)nnc42)C3(C)C)C1. The average Bonchev–Trinajstić information content (AvgIpc) is 3.14. The van der Waals surface area contributed by atoms with Crippen molar-refractivity contribution < 1.29 is 13.6 Å². The number of carbonyl (C=O) groups excluding carboxylic acids is 1. The van der Waals surface area contributed by atoms with Crippen molar-refractivity contribution in [3.05, 3.63) is 47.2 Å². The number of nitrogens with zero attached hydrogens (tertiary/aromatic N) is 3. The quantitative estimate of drug-likeness (QED) is 0.772. The van der Waals surface area contributed by atoms with E-state index in [9.17, 15) is 13.6 Å². The summed E-state index contributed by atoms with van der Waals surface area (Å²) in [5, 5.41) is 15.2. The molecule has 2 fully saturated rings. The van der Waals surface area contributed by atoms with Gasteiger partial charge in [-0.05, 0) is 47.9 Å². The lowest BCUT2D eigenvalue weighted by Crippen LogP contribution is -2.63. The smallest absolute Gasteiger partial charge is 0.317 e. The summed E-state index contributed by atoms with van der Waals surface area (Å²) in [5.74, 6) is -1.05. The van der Waals surface area contributed by atoms with Crippen LogP contribution in [0.3, 0.4) is 0 Å². The molecule has 3 aliphatic rings. The van der Waals surface area contributed by atoms with Crippen LogP contribution < -0.4 is 10.6 Å². The molecule has 2 aliphatic carbocycles. The molecule has 2 amide bonds. The van der Waals surface area contributed by atoms with Gasteiger partial charge in [0.05, 0.1) is 17.0 Å². The van der Waals surface area contributed by atoms with E-state index in [0.29, 0.717) is 19.6 Å². The molecule has 1 saturated heterocycles. The maximum Gasteiger partial charge on any atom is 0.317 e. The van der Waals surface area contributed by atoms with Crippen molar-refractivity contribution in [2.45, 2.75) is 44.1 Å². The molecule has 164 valence electrons. The fourth-order valence-corrected chi connectivity index (χ4v) is 6.43. The molecule has 2 aromatic rings. The lowest BCUT2D eigenvalue weighted by Gasteiger charge is -2.48. The summed E-state index contributed by atoms with van der Waals surface area (Å²) in [6, 6.07) is 5.61. The van der Waals surface area contributed by atoms with Gasteiger partial charge in [0.2, 0.25) is 0 Å². The zero-order chi connectivity index (χ0) is 22.0. The van der Waals surface area contributed by atoms with Crippen molar-refractivity contribution in [1.82, 2.24) is 25.7 Å². The third-order valence-corrected chi connectivity index (χ3v) is 7.96. The predicted molar refractivity (Wildman–Crippen MR) is 113 cm³/mol. The number of urea groups is 1. The summed E-state index contributed by atoms with van der Waals surface area (Å²) in [6.45, 7) is 6.44. The Morgan fingerprint density at radius 3 is 2.71 bits per heavy atom. The van der Waals surface area contributed by atoms with Crippen molar-refractivity contribution in [2.24, 2.45) is 5.41 Å². The van der Waals surface area contributed by atoms with Gasteiger partial charge in [-0.1, -0.05) is 19.9 Å². The standard InChI is InChI=1S/C23H27F2N5O/c1-22(2)14-7-8-23(22,18-12-30(10-9-27-18)21(31)26-3)20-13(14)11-17(28-29-20)19-15(24)5-4-6-16(19)25/h4-6,11,14,18,27H,7-10,12H2,1-3H3,(H,26,31)/t14-,18-,23-/m0/s1. The van der Waals surface area contributed by atoms with E-state index in [1.807, 2.05) is 11.0 Å². The Morgan fingerprint density at radius 1 is 1.26 bits per heavy atom. The summed E-state index contributed by atoms with van der Waals surface area (Å²) >= 11 is 0. The van der Waals surface area contributed by atoms with E-state index in [0.717, 1.165) is 24.1 Å². The van der Waals surface area contributed by atoms with Crippen molar-refractivity contribution in [2.75, 3.05) is 26.7 Å². The van der Waals surface area contributed by atoms with Crippen molar-refractivity contribution in [3.63, 3.8) is 0 Å². The first-order chi connectivity index (χ1) is 14.8. The highest BCUT2D eigenvalue weighted by molar-refractivity contribution is 5.74. The number of piperazine rings is 1. The van der Waals surface area contributed by atoms with Crippen LogP contribution in [0, 0.1) is 17.0 Å². The van der Waals surface area contributed by atoms with Crippen LogP contribution >= 0.6 is 0 Å². The second-order valence-corrected chi connectivity index (χ2v) is 9.42. The molecular weight excluding hydrogens is 400 g/mol. The molecule has 31 heavy (non-hydrogen) atoms. The van der Waals surface area contributed by atoms with Crippen LogP contribution in [-0.4, -0.2) is 53.9 Å². The number of amides is 2. The van der Waals surface area contributed by atoms with E-state index in [1.165, 1.54) is 18.2 Å². The molecule has 1 aromatic heterocycles. The number of fused-ring (bicyclic) bond motifs is 5. The monoisotopic (exact) mass is 427 g/mol. The van der Waals surface area contributed by atoms with Crippen LogP contribution in [0.15, 0.2) is 24.3 Å². The van der Waals surface area contributed by atoms with Gasteiger partial charge in [-0.25, -0.2) is 13.6 Å². The summed E-state index contributed by atoms with van der Waals surface area (Å²) in [4.78, 5) is 14.1. The lowest BCUT2D eigenvalue weighted by molar-refractivity contribution is 0.0980. The van der Waals surface area contributed by atoms with Crippen LogP contribution in [0.1, 0.15) is 43.9 Å². The molecule has 1 aromatic carbocycles. The van der Waals surface area contributed by atoms with E-state index in [4.69, 9.17) is 0 Å². The molecular formula is C23H27F2N5O. The molecule has 3 atom stereocenters. The summed E-state index contributed by atoms with van der Waals surface area (Å²) < 4.78 is 28.8. The van der Waals surface area contributed by atoms with Gasteiger partial charge >= 0.3 is 6.03 Å². The summed E-state index contributed by atoms with van der Waals surface area (Å²) in [6.07, 6.45) is 1.92. The Kier molecular flexibility index (Phi) is 4.55. The molecule has 2 N–H and O–H groups in total. The van der Waals surface area contributed by atoms with E-state index >= 15 is 0 Å². The predicted octanol–water partition coefficient (Wildman–Crippen LogP) is 3.19. The minimum atomic E-state index is -0.637. The third kappa shape index (κ3) is 2.67. The highest BCUT2D eigenvalue weighted by Crippen LogP contribution is 2.68. The fraction of sp³-hybridized carbons (Fsp3) is 0.522. The van der Waals surface area contributed by atoms with E-state index in [-0.39, 0.29) is 40.1 Å². The van der Waals surface area contributed by atoms with Gasteiger partial charge in [0, 0.05) is 38.1 Å². The number of benzene rings is 1. The van der Waals surface area contributed by atoms with Crippen LogP contribution in [-0.2, 0) is 5.41 Å². The zero-order valence-electron chi connectivity index (χ0n) is 18.0. The second kappa shape index (κ2) is 6.95. The minimum Gasteiger partial charge on any atom is -0.341 e. The third-order valence-electron chi connectivity index (χ3n) is 7.96. The Labute approximate surface area is 180 Å². The first kappa shape index (κ1) is 20.3. The Morgan fingerprint density at radius 2 is 2.00 bits per heavy atom. The molecule has 0 radical (unpaired) electrons. The number of carbonyl (C=O) groups is 1. The van der Waals surface area contributed by atoms with Gasteiger partial charge in [-0.3, -0.25) is 0 Å². The summed E-state index contributed by atoms with van der Waals surface area (Å²) in [5.41, 5.74) is 1.62. The first-order valence-corrected chi connectivity index (χ1v) is 10.8. The fourth-order valence-electron chi connectivity index (χ4n) is 6.43. The van der Waals surface area contributed by atoms with Gasteiger partial charge in [0.15, 0.2) is 0 Å². The number of hydrogen-bond donors (Lipinski definition) is 2. The second-order valence-electron chi connectivity index (χ2n) is 9.42. The van der Waals surface area contributed by atoms with Crippen LogP contribution in [0.25, 0.3) is 11.3 Å². The molecule has 1 saturated carbocycles. The highest BCUT2D eigenvalue weighted by Gasteiger charge is 2.66. The van der Waals surface area contributed by atoms with E-state index < -0.39 is 11.6 Å². The Hall–Kier alpha value is -2.61. The number of nitrogens with one attached hydrogen (secondary N) is 2. The Bertz CT molecular complexity index is 1040. The van der Waals surface area contributed by atoms with Crippen molar-refractivity contribution >= 4 is 6.03 Å². The first-order valence-electron chi connectivity index (χ1n) is 10.8. The van der Waals surface area contributed by atoms with E-state index in [2.05, 4.69) is 34.7 Å². The maximum atomic E-state index is 14.4. The highest BCUT2D eigenvalue weighted by atomic mass is 19.1. The van der Waals surface area contributed by atoms with Crippen LogP contribution in [0.4, 0.5) is 13.6 Å². The molecule has 2 heterocycles. The van der Waals surface area contributed by atoms with Gasteiger partial charge in [-0.15, -0.1) is 0 Å². The molecule has 2 bridgehead atoms. The molecule has 0 unspecified atom stereocenters. The van der Waals surface area contributed by atoms with Gasteiger partial charge in [0.25, 0.3) is 0 Å². The topological polar surface area (TPSA) is 70.2 Å². The number of halogens is 2. The maximum absolute atomic E-state index is 14.4. The number of rotatable bonds is 2. The average molecular weight is 427 g/mol. The van der Waals surface area contributed by atoms with Crippen LogP contribution in [0.5, 0.6) is 0 Å². The summed E-state index contributed by atoms with van der Waals surface area (Å²) in [7, 11) is 1.65. The van der Waals surface area contributed by atoms with Gasteiger partial charge < -0.3 is 15.5 Å². The van der Waals surface area contributed by atoms with Crippen molar-refractivity contribution in [3.8, 4) is 11.3 Å². The number of aromatic nitrogens is 2. The minimum absolute atomic E-state index is 0.0325. The zero-order valence-corrected chi connectivity index (χ0v) is 18.0. The normalized spacial score (nSPS) is 28.5. The molecule has 6 nitrogen and oxygen atoms in total. The Balaban J connectivity index is 1.60. The molecule has 0 spiro atoms. The van der Waals surface area contributed by atoms with Gasteiger partial charge in [-0.2, -0.15) is 10.2 Å².